The van der Waals surface area contributed by atoms with E-state index in [4.69, 9.17) is 4.74 Å². The van der Waals surface area contributed by atoms with Gasteiger partial charge in [0.25, 0.3) is 0 Å². The van der Waals surface area contributed by atoms with Gasteiger partial charge in [-0.1, -0.05) is 182 Å². The maximum absolute atomic E-state index is 7.68. The minimum Gasteiger partial charge on any atom is -0.455 e. The molecule has 0 bridgehead atoms. The van der Waals surface area contributed by atoms with Gasteiger partial charge in [-0.25, -0.2) is 0 Å². The van der Waals surface area contributed by atoms with E-state index in [-0.39, 0.29) is 0 Å². The predicted molar refractivity (Wildman–Crippen MR) is 291 cm³/mol. The predicted octanol–water partition coefficient (Wildman–Crippen LogP) is 18.1. The Balaban J connectivity index is 0.987. The number of thiophene rings is 1. The molecule has 2 heterocycles. The molecular formula is C67H41NOS. The fourth-order valence-corrected chi connectivity index (χ4v) is 14.5. The van der Waals surface area contributed by atoms with Crippen LogP contribution in [0.5, 0.6) is 11.5 Å². The van der Waals surface area contributed by atoms with Crippen molar-refractivity contribution >= 4 is 59.3 Å². The summed E-state index contributed by atoms with van der Waals surface area (Å²) in [6.45, 7) is 2.47. The van der Waals surface area contributed by atoms with Crippen LogP contribution in [0.3, 0.4) is 0 Å². The second-order valence-electron chi connectivity index (χ2n) is 19.6. The molecule has 326 valence electrons. The summed E-state index contributed by atoms with van der Waals surface area (Å²) < 4.78 is 10.3. The molecule has 0 N–H and O–H groups in total. The third-order valence-electron chi connectivity index (χ3n) is 16.3. The van der Waals surface area contributed by atoms with Crippen molar-refractivity contribution in [2.75, 3.05) is 4.90 Å². The summed E-state index contributed by atoms with van der Waals surface area (Å²) in [4.78, 5) is 2.47. The van der Waals surface area contributed by atoms with Crippen LogP contribution in [0, 0.1) is 0 Å². The zero-order valence-corrected chi connectivity index (χ0v) is 39.0. The van der Waals surface area contributed by atoms with E-state index in [1.54, 1.807) is 0 Å². The normalized spacial score (nSPS) is 15.8. The summed E-state index contributed by atoms with van der Waals surface area (Å²) in [6.07, 6.45) is 0. The maximum Gasteiger partial charge on any atom is 0.140 e. The lowest BCUT2D eigenvalue weighted by molar-refractivity contribution is 0.438. The van der Waals surface area contributed by atoms with Crippen molar-refractivity contribution in [2.24, 2.45) is 0 Å². The van der Waals surface area contributed by atoms with Crippen molar-refractivity contribution in [3.63, 3.8) is 0 Å². The van der Waals surface area contributed by atoms with Gasteiger partial charge in [0.15, 0.2) is 0 Å². The van der Waals surface area contributed by atoms with Crippen molar-refractivity contribution < 1.29 is 4.74 Å². The Morgan fingerprint density at radius 2 is 0.986 bits per heavy atom. The lowest BCUT2D eigenvalue weighted by atomic mass is 9.68. The van der Waals surface area contributed by atoms with Gasteiger partial charge in [-0.05, 0) is 128 Å². The van der Waals surface area contributed by atoms with Gasteiger partial charge in [-0.15, -0.1) is 11.3 Å². The third kappa shape index (κ3) is 4.82. The third-order valence-corrected chi connectivity index (χ3v) is 17.4. The first kappa shape index (κ1) is 38.5. The standard InChI is InChI=1S/C67H41NOS/c1-66-57-35-30-41-18-5-6-21-46(41)64(57)69-65-62-52-25-9-13-28-56(52)67(54-26-11-7-22-47(54)48-23-8-12-27-55(48)67)59(62)39-53(63(65)66)49-33-31-44(37-58(49)66)68(43-20-15-19-42(36-43)40-16-3-2-4-17-40)45-32-34-51-50-24-10-14-29-60(50)70-61(51)38-45/h2-39H,1H3/t66-/m1/s1. The van der Waals surface area contributed by atoms with Crippen molar-refractivity contribution in [1.29, 1.82) is 0 Å². The molecule has 0 amide bonds. The zero-order valence-electron chi connectivity index (χ0n) is 38.2. The molecular weight excluding hydrogens is 867 g/mol. The molecule has 4 aliphatic rings. The molecule has 3 heteroatoms. The summed E-state index contributed by atoms with van der Waals surface area (Å²) in [7, 11) is 0. The summed E-state index contributed by atoms with van der Waals surface area (Å²) in [5, 5.41) is 4.89. The van der Waals surface area contributed by atoms with E-state index in [2.05, 4.69) is 242 Å². The van der Waals surface area contributed by atoms with Gasteiger partial charge in [0.1, 0.15) is 11.5 Å². The molecule has 1 aromatic heterocycles. The molecule has 0 radical (unpaired) electrons. The topological polar surface area (TPSA) is 12.5 Å². The van der Waals surface area contributed by atoms with E-state index in [0.29, 0.717) is 0 Å². The summed E-state index contributed by atoms with van der Waals surface area (Å²) in [5.41, 5.74) is 21.2. The van der Waals surface area contributed by atoms with Gasteiger partial charge in [0.2, 0.25) is 0 Å². The molecule has 12 aromatic rings. The number of rotatable bonds is 4. The van der Waals surface area contributed by atoms with Crippen molar-refractivity contribution in [3.8, 4) is 56.0 Å². The molecule has 1 atom stereocenters. The SMILES string of the molecule is C[C@@]12c3cc(N(c4cccc(-c5ccccc5)c4)c4ccc5c(c4)sc4ccccc45)ccc3-c3cc4c(c(c31)Oc1c2ccc2ccccc12)-c1ccccc1C41c2ccccc2-c2ccccc21. The number of ether oxygens (including phenoxy) is 1. The first-order chi connectivity index (χ1) is 34.6. The molecule has 0 unspecified atom stereocenters. The minimum absolute atomic E-state index is 0.516. The van der Waals surface area contributed by atoms with E-state index in [1.807, 2.05) is 11.3 Å². The molecule has 0 saturated carbocycles. The lowest BCUT2D eigenvalue weighted by Crippen LogP contribution is -2.28. The number of benzene rings is 11. The molecule has 11 aromatic carbocycles. The average Bonchev–Trinajstić information content (AvgIpc) is 4.12. The van der Waals surface area contributed by atoms with E-state index in [0.717, 1.165) is 33.9 Å². The highest BCUT2D eigenvalue weighted by Crippen LogP contribution is 2.70. The Hall–Kier alpha value is -8.50. The van der Waals surface area contributed by atoms with E-state index >= 15 is 0 Å². The quantitative estimate of drug-likeness (QED) is 0.174. The van der Waals surface area contributed by atoms with Crippen LogP contribution < -0.4 is 9.64 Å². The van der Waals surface area contributed by atoms with Crippen molar-refractivity contribution in [2.45, 2.75) is 17.8 Å². The molecule has 1 aliphatic heterocycles. The summed E-state index contributed by atoms with van der Waals surface area (Å²) >= 11 is 1.87. The van der Waals surface area contributed by atoms with Gasteiger partial charge in [0, 0.05) is 59.3 Å². The van der Waals surface area contributed by atoms with Crippen molar-refractivity contribution in [1.82, 2.24) is 0 Å². The first-order valence-electron chi connectivity index (χ1n) is 24.3. The summed E-state index contributed by atoms with van der Waals surface area (Å²) in [6, 6.07) is 86.1. The number of hydrogen-bond donors (Lipinski definition) is 0. The molecule has 3 aliphatic carbocycles. The second-order valence-corrected chi connectivity index (χ2v) is 20.7. The van der Waals surface area contributed by atoms with Crippen LogP contribution in [-0.4, -0.2) is 0 Å². The highest BCUT2D eigenvalue weighted by molar-refractivity contribution is 7.25. The van der Waals surface area contributed by atoms with Gasteiger partial charge in [-0.3, -0.25) is 0 Å². The molecule has 70 heavy (non-hydrogen) atoms. The Labute approximate surface area is 410 Å². The highest BCUT2D eigenvalue weighted by Gasteiger charge is 2.56. The number of hydrogen-bond acceptors (Lipinski definition) is 3. The van der Waals surface area contributed by atoms with Crippen LogP contribution in [0.2, 0.25) is 0 Å². The fourth-order valence-electron chi connectivity index (χ4n) is 13.4. The van der Waals surface area contributed by atoms with Crippen LogP contribution in [0.25, 0.3) is 75.5 Å². The average molecular weight is 908 g/mol. The van der Waals surface area contributed by atoms with Crippen LogP contribution >= 0.6 is 11.3 Å². The molecule has 0 saturated heterocycles. The van der Waals surface area contributed by atoms with Gasteiger partial charge < -0.3 is 9.64 Å². The fraction of sp³-hybridized carbons (Fsp3) is 0.0448. The molecule has 2 nitrogen and oxygen atoms in total. The number of nitrogens with zero attached hydrogens (tertiary/aromatic N) is 1. The van der Waals surface area contributed by atoms with Crippen LogP contribution in [0.4, 0.5) is 17.1 Å². The van der Waals surface area contributed by atoms with Crippen LogP contribution in [0.15, 0.2) is 231 Å². The second kappa shape index (κ2) is 13.8. The number of fused-ring (bicyclic) bond motifs is 21. The van der Waals surface area contributed by atoms with Gasteiger partial charge in [-0.2, -0.15) is 0 Å². The Kier molecular flexibility index (Phi) is 7.59. The minimum atomic E-state index is -0.550. The van der Waals surface area contributed by atoms with Crippen molar-refractivity contribution in [3.05, 3.63) is 269 Å². The molecule has 1 spiro atoms. The smallest absolute Gasteiger partial charge is 0.140 e. The Morgan fingerprint density at radius 1 is 0.371 bits per heavy atom. The van der Waals surface area contributed by atoms with E-state index < -0.39 is 10.8 Å². The van der Waals surface area contributed by atoms with Crippen LogP contribution in [0.1, 0.15) is 45.9 Å². The van der Waals surface area contributed by atoms with E-state index in [1.165, 1.54) is 109 Å². The summed E-state index contributed by atoms with van der Waals surface area (Å²) in [5.74, 6) is 1.92. The molecule has 16 rings (SSSR count). The zero-order chi connectivity index (χ0) is 45.9. The van der Waals surface area contributed by atoms with Crippen LogP contribution in [-0.2, 0) is 10.8 Å². The van der Waals surface area contributed by atoms with E-state index in [9.17, 15) is 0 Å². The number of anilines is 3. The monoisotopic (exact) mass is 907 g/mol. The largest absolute Gasteiger partial charge is 0.455 e. The Morgan fingerprint density at radius 3 is 1.80 bits per heavy atom. The van der Waals surface area contributed by atoms with Gasteiger partial charge in [0.05, 0.1) is 10.8 Å². The highest BCUT2D eigenvalue weighted by atomic mass is 32.1. The maximum atomic E-state index is 7.68. The first-order valence-corrected chi connectivity index (χ1v) is 25.1. The lowest BCUT2D eigenvalue weighted by Gasteiger charge is -2.38. The van der Waals surface area contributed by atoms with Gasteiger partial charge >= 0.3 is 0 Å². The Bertz CT molecular complexity index is 4210. The molecule has 0 fully saturated rings.